The van der Waals surface area contributed by atoms with Crippen molar-refractivity contribution in [1.82, 2.24) is 15.0 Å². The van der Waals surface area contributed by atoms with Gasteiger partial charge in [0, 0.05) is 48.1 Å². The molecular formula is C24H25N5O2S2. The van der Waals surface area contributed by atoms with E-state index in [0.29, 0.717) is 18.2 Å². The zero-order chi connectivity index (χ0) is 22.9. The molecule has 0 unspecified atom stereocenters. The standard InChI is InChI=1S/C24H25N5O2S2/c1-29(10-11-30)24-26-13-16(14-27-24)19-12-18(15-6-3-2-4-7-15)20-21(25)23(32-22(20)28-19)33(31)17-8-5-9-17/h2-4,6-7,12-14,17,30H,5,8-11,25H2,1H3/t33-/m0/s1. The van der Waals surface area contributed by atoms with Crippen LogP contribution in [0.3, 0.4) is 0 Å². The number of nitrogen functional groups attached to an aromatic ring is 1. The lowest BCUT2D eigenvalue weighted by Crippen LogP contribution is -2.28. The van der Waals surface area contributed by atoms with Crippen LogP contribution in [-0.4, -0.2) is 50.1 Å². The average Bonchev–Trinajstić information content (AvgIpc) is 3.14. The highest BCUT2D eigenvalue weighted by Gasteiger charge is 2.35. The summed E-state index contributed by atoms with van der Waals surface area (Å²) in [5.41, 5.74) is 10.7. The number of likely N-dealkylation sites (N-methyl/N-ethyl adjacent to an activating group) is 1. The Labute approximate surface area is 199 Å². The smallest absolute Gasteiger partial charge is 0.232 e. The lowest BCUT2D eigenvalue weighted by Gasteiger charge is -2.27. The number of nitrogens with two attached hydrogens (primary N) is 1. The fourth-order valence-electron chi connectivity index (χ4n) is 3.88. The van der Waals surface area contributed by atoms with Crippen LogP contribution in [-0.2, 0) is 11.2 Å². The van der Waals surface area contributed by atoms with Crippen LogP contribution in [0.4, 0.5) is 11.6 Å². The summed E-state index contributed by atoms with van der Waals surface area (Å²) in [5, 5.41) is 10.2. The number of fused-ring (bicyclic) bond motifs is 1. The van der Waals surface area contributed by atoms with Gasteiger partial charge in [-0.15, -0.1) is 0 Å². The van der Waals surface area contributed by atoms with E-state index in [1.807, 2.05) is 43.4 Å². The molecule has 4 aromatic rings. The van der Waals surface area contributed by atoms with E-state index in [-0.39, 0.29) is 11.9 Å². The summed E-state index contributed by atoms with van der Waals surface area (Å²) in [6.45, 7) is 0.488. The Hall–Kier alpha value is -2.72. The van der Waals surface area contributed by atoms with Gasteiger partial charge in [-0.2, -0.15) is 0 Å². The fourth-order valence-corrected chi connectivity index (χ4v) is 7.09. The van der Waals surface area contributed by atoms with Crippen molar-refractivity contribution in [2.24, 2.45) is 0 Å². The Morgan fingerprint density at radius 2 is 1.91 bits per heavy atom. The molecule has 0 radical (unpaired) electrons. The molecule has 0 bridgehead atoms. The number of aliphatic hydroxyl groups excluding tert-OH is 1. The summed E-state index contributed by atoms with van der Waals surface area (Å²) in [6.07, 6.45) is 6.58. The largest absolute Gasteiger partial charge is 0.611 e. The second-order valence-electron chi connectivity index (χ2n) is 8.17. The molecule has 1 aromatic carbocycles. The molecule has 170 valence electrons. The molecule has 1 saturated carbocycles. The molecule has 0 saturated heterocycles. The Kier molecular flexibility index (Phi) is 6.20. The number of pyridine rings is 1. The fraction of sp³-hybridized carbons (Fsp3) is 0.292. The van der Waals surface area contributed by atoms with E-state index in [9.17, 15) is 4.55 Å². The van der Waals surface area contributed by atoms with Crippen molar-refractivity contribution < 1.29 is 9.66 Å². The van der Waals surface area contributed by atoms with Crippen LogP contribution in [0.25, 0.3) is 32.6 Å². The molecule has 0 amide bonds. The lowest BCUT2D eigenvalue weighted by atomic mass is 10.00. The van der Waals surface area contributed by atoms with Gasteiger partial charge in [-0.3, -0.25) is 0 Å². The van der Waals surface area contributed by atoms with E-state index < -0.39 is 11.2 Å². The number of rotatable bonds is 7. The highest BCUT2D eigenvalue weighted by Crippen LogP contribution is 2.45. The molecule has 3 heterocycles. The zero-order valence-electron chi connectivity index (χ0n) is 18.3. The maximum absolute atomic E-state index is 13.1. The number of hydrogen-bond donors (Lipinski definition) is 2. The highest BCUT2D eigenvalue weighted by atomic mass is 32.2. The van der Waals surface area contributed by atoms with Crippen molar-refractivity contribution in [2.75, 3.05) is 30.8 Å². The van der Waals surface area contributed by atoms with Crippen LogP contribution < -0.4 is 10.6 Å². The van der Waals surface area contributed by atoms with Crippen LogP contribution >= 0.6 is 11.3 Å². The molecule has 1 aliphatic rings. The third-order valence-corrected chi connectivity index (χ3v) is 9.30. The first kappa shape index (κ1) is 22.1. The minimum absolute atomic E-state index is 0.0324. The van der Waals surface area contributed by atoms with Gasteiger partial charge in [-0.25, -0.2) is 15.0 Å². The first-order chi connectivity index (χ1) is 16.1. The highest BCUT2D eigenvalue weighted by molar-refractivity contribution is 7.94. The van der Waals surface area contributed by atoms with Crippen molar-refractivity contribution in [3.63, 3.8) is 0 Å². The van der Waals surface area contributed by atoms with Crippen LogP contribution in [0.2, 0.25) is 0 Å². The Morgan fingerprint density at radius 3 is 2.55 bits per heavy atom. The van der Waals surface area contributed by atoms with Gasteiger partial charge in [0.1, 0.15) is 15.8 Å². The van der Waals surface area contributed by atoms with Gasteiger partial charge < -0.3 is 20.3 Å². The number of nitrogens with zero attached hydrogens (tertiary/aromatic N) is 4. The number of benzene rings is 1. The van der Waals surface area contributed by atoms with Crippen molar-refractivity contribution in [3.05, 3.63) is 48.8 Å². The Bertz CT molecular complexity index is 1260. The number of aromatic nitrogens is 3. The monoisotopic (exact) mass is 479 g/mol. The van der Waals surface area contributed by atoms with Gasteiger partial charge >= 0.3 is 0 Å². The SMILES string of the molecule is CN(CCO)c1ncc(-c2cc(-c3ccccc3)c3c(N)c([S@@+]([O-])C4CCC4)sc3n2)cn1. The van der Waals surface area contributed by atoms with Crippen LogP contribution in [0, 0.1) is 0 Å². The molecule has 1 atom stereocenters. The van der Waals surface area contributed by atoms with E-state index >= 15 is 0 Å². The second kappa shape index (κ2) is 9.26. The van der Waals surface area contributed by atoms with Crippen molar-refractivity contribution in [1.29, 1.82) is 0 Å². The number of anilines is 2. The molecule has 1 fully saturated rings. The van der Waals surface area contributed by atoms with Crippen molar-refractivity contribution in [2.45, 2.75) is 28.7 Å². The number of thiophene rings is 1. The van der Waals surface area contributed by atoms with E-state index in [4.69, 9.17) is 15.8 Å². The van der Waals surface area contributed by atoms with Gasteiger partial charge in [-0.1, -0.05) is 41.7 Å². The molecule has 1 aliphatic carbocycles. The normalized spacial score (nSPS) is 14.9. The quantitative estimate of drug-likeness (QED) is 0.384. The zero-order valence-corrected chi connectivity index (χ0v) is 19.9. The van der Waals surface area contributed by atoms with Crippen LogP contribution in [0.1, 0.15) is 19.3 Å². The third-order valence-electron chi connectivity index (χ3n) is 6.00. The summed E-state index contributed by atoms with van der Waals surface area (Å²) in [6, 6.07) is 12.1. The first-order valence-electron chi connectivity index (χ1n) is 10.9. The van der Waals surface area contributed by atoms with Gasteiger partial charge in [0.2, 0.25) is 10.2 Å². The summed E-state index contributed by atoms with van der Waals surface area (Å²) >= 11 is 0.320. The van der Waals surface area contributed by atoms with Gasteiger partial charge in [-0.05, 0) is 36.5 Å². The average molecular weight is 480 g/mol. The van der Waals surface area contributed by atoms with Gasteiger partial charge in [0.15, 0.2) is 0 Å². The maximum atomic E-state index is 13.1. The number of aliphatic hydroxyl groups is 1. The minimum atomic E-state index is -1.11. The van der Waals surface area contributed by atoms with Crippen molar-refractivity contribution in [3.8, 4) is 22.4 Å². The molecule has 7 nitrogen and oxygen atoms in total. The van der Waals surface area contributed by atoms with Gasteiger partial charge in [0.25, 0.3) is 0 Å². The molecule has 33 heavy (non-hydrogen) atoms. The Morgan fingerprint density at radius 1 is 1.18 bits per heavy atom. The summed E-state index contributed by atoms with van der Waals surface area (Å²) in [5.74, 6) is 0.538. The molecule has 3 N–H and O–H groups in total. The van der Waals surface area contributed by atoms with E-state index in [2.05, 4.69) is 9.97 Å². The topological polar surface area (TPSA) is 111 Å². The van der Waals surface area contributed by atoms with Crippen LogP contribution in [0.15, 0.2) is 53.0 Å². The molecule has 9 heteroatoms. The first-order valence-corrected chi connectivity index (χ1v) is 12.9. The molecule has 3 aromatic heterocycles. The lowest BCUT2D eigenvalue weighted by molar-refractivity contribution is 0.303. The molecule has 0 spiro atoms. The van der Waals surface area contributed by atoms with E-state index in [1.54, 1.807) is 17.3 Å². The Balaban J connectivity index is 1.63. The second-order valence-corrected chi connectivity index (χ2v) is 11.1. The van der Waals surface area contributed by atoms with Gasteiger partial charge in [0.05, 0.1) is 12.3 Å². The maximum Gasteiger partial charge on any atom is 0.232 e. The predicted molar refractivity (Wildman–Crippen MR) is 135 cm³/mol. The summed E-state index contributed by atoms with van der Waals surface area (Å²) in [4.78, 5) is 16.3. The van der Waals surface area contributed by atoms with Crippen LogP contribution in [0.5, 0.6) is 0 Å². The van der Waals surface area contributed by atoms with Crippen molar-refractivity contribution >= 4 is 44.4 Å². The third kappa shape index (κ3) is 4.17. The minimum Gasteiger partial charge on any atom is -0.611 e. The number of hydrogen-bond acceptors (Lipinski definition) is 8. The summed E-state index contributed by atoms with van der Waals surface area (Å²) < 4.78 is 13.9. The molecule has 5 rings (SSSR count). The predicted octanol–water partition coefficient (Wildman–Crippen LogP) is 4.09. The summed E-state index contributed by atoms with van der Waals surface area (Å²) in [7, 11) is 1.83. The molecule has 0 aliphatic heterocycles. The molecular weight excluding hydrogens is 454 g/mol. The van der Waals surface area contributed by atoms with E-state index in [0.717, 1.165) is 56.1 Å². The van der Waals surface area contributed by atoms with E-state index in [1.165, 1.54) is 11.3 Å².